The van der Waals surface area contributed by atoms with Crippen LogP contribution >= 0.6 is 0 Å². The Hall–Kier alpha value is -4.72. The predicted octanol–water partition coefficient (Wildman–Crippen LogP) is 5.22. The highest BCUT2D eigenvalue weighted by Gasteiger charge is 2.37. The molecule has 4 amide bonds. The molecule has 1 N–H and O–H groups in total. The Labute approximate surface area is 212 Å². The maximum atomic E-state index is 13.4. The molecule has 1 aliphatic rings. The number of barbiturate groups is 1. The van der Waals surface area contributed by atoms with E-state index < -0.39 is 23.7 Å². The molecule has 186 valence electrons. The second kappa shape index (κ2) is 10.1. The number of aryl methyl sites for hydroxylation is 2. The van der Waals surface area contributed by atoms with Gasteiger partial charge in [-0.15, -0.1) is 0 Å². The van der Waals surface area contributed by atoms with Gasteiger partial charge < -0.3 is 9.30 Å². The molecule has 0 spiro atoms. The van der Waals surface area contributed by atoms with Crippen LogP contribution in [0.2, 0.25) is 0 Å². The fraction of sp³-hybridized carbons (Fsp3) is 0.138. The number of imide groups is 2. The fourth-order valence-corrected chi connectivity index (χ4v) is 4.27. The van der Waals surface area contributed by atoms with Crippen molar-refractivity contribution >= 4 is 40.5 Å². The Morgan fingerprint density at radius 1 is 0.946 bits per heavy atom. The second-order valence-electron chi connectivity index (χ2n) is 8.74. The van der Waals surface area contributed by atoms with Gasteiger partial charge in [-0.1, -0.05) is 35.9 Å². The first-order chi connectivity index (χ1) is 17.9. The van der Waals surface area contributed by atoms with Gasteiger partial charge in [0.05, 0.1) is 12.3 Å². The molecule has 2 heterocycles. The first kappa shape index (κ1) is 24.0. The minimum Gasteiger partial charge on any atom is -0.494 e. The van der Waals surface area contributed by atoms with Crippen molar-refractivity contribution < 1.29 is 23.5 Å². The zero-order valence-electron chi connectivity index (χ0n) is 20.1. The van der Waals surface area contributed by atoms with Crippen molar-refractivity contribution in [2.75, 3.05) is 11.5 Å². The summed E-state index contributed by atoms with van der Waals surface area (Å²) in [6, 6.07) is 19.6. The molecule has 0 saturated carbocycles. The molecule has 3 aromatic carbocycles. The van der Waals surface area contributed by atoms with Gasteiger partial charge in [0.2, 0.25) is 0 Å². The van der Waals surface area contributed by atoms with Gasteiger partial charge in [-0.25, -0.2) is 14.1 Å². The number of nitrogens with zero attached hydrogens (tertiary/aromatic N) is 2. The van der Waals surface area contributed by atoms with Gasteiger partial charge in [-0.05, 0) is 61.9 Å². The normalized spacial score (nSPS) is 14.9. The van der Waals surface area contributed by atoms with E-state index in [9.17, 15) is 18.8 Å². The molecule has 0 bridgehead atoms. The third-order valence-corrected chi connectivity index (χ3v) is 6.14. The van der Waals surface area contributed by atoms with Crippen LogP contribution in [-0.4, -0.2) is 29.0 Å². The van der Waals surface area contributed by atoms with Gasteiger partial charge in [0.25, 0.3) is 11.8 Å². The Morgan fingerprint density at radius 2 is 1.68 bits per heavy atom. The second-order valence-corrected chi connectivity index (χ2v) is 8.74. The summed E-state index contributed by atoms with van der Waals surface area (Å²) in [6.45, 7) is 3.22. The van der Waals surface area contributed by atoms with E-state index in [0.29, 0.717) is 18.7 Å². The van der Waals surface area contributed by atoms with E-state index >= 15 is 0 Å². The molecule has 1 aliphatic heterocycles. The largest absolute Gasteiger partial charge is 0.494 e. The number of aromatic nitrogens is 1. The number of urea groups is 1. The van der Waals surface area contributed by atoms with Gasteiger partial charge in [0.1, 0.15) is 17.1 Å². The molecule has 1 fully saturated rings. The summed E-state index contributed by atoms with van der Waals surface area (Å²) in [7, 11) is 0. The summed E-state index contributed by atoms with van der Waals surface area (Å²) in [6.07, 6.45) is 4.11. The van der Waals surface area contributed by atoms with Crippen molar-refractivity contribution in [3.8, 4) is 5.75 Å². The molecular formula is C29H24FN3O4. The summed E-state index contributed by atoms with van der Waals surface area (Å²) in [5.74, 6) is -1.24. The summed E-state index contributed by atoms with van der Waals surface area (Å²) >= 11 is 0. The molecule has 7 nitrogen and oxygen atoms in total. The van der Waals surface area contributed by atoms with Crippen LogP contribution in [0.1, 0.15) is 17.5 Å². The number of hydrogen-bond donors (Lipinski definition) is 1. The maximum absolute atomic E-state index is 13.4. The van der Waals surface area contributed by atoms with Gasteiger partial charge in [0, 0.05) is 29.2 Å². The lowest BCUT2D eigenvalue weighted by Crippen LogP contribution is -2.54. The summed E-state index contributed by atoms with van der Waals surface area (Å²) in [5, 5.41) is 3.06. The van der Waals surface area contributed by atoms with Crippen molar-refractivity contribution in [1.82, 2.24) is 9.88 Å². The van der Waals surface area contributed by atoms with Crippen LogP contribution in [0.4, 0.5) is 14.9 Å². The van der Waals surface area contributed by atoms with Gasteiger partial charge in [-0.2, -0.15) is 0 Å². The van der Waals surface area contributed by atoms with Crippen molar-refractivity contribution in [3.05, 3.63) is 102 Å². The average Bonchev–Trinajstić information content (AvgIpc) is 3.24. The van der Waals surface area contributed by atoms with Crippen LogP contribution in [0.5, 0.6) is 5.75 Å². The number of hydrogen-bond acceptors (Lipinski definition) is 4. The van der Waals surface area contributed by atoms with Crippen molar-refractivity contribution in [3.63, 3.8) is 0 Å². The molecule has 0 aliphatic carbocycles. The van der Waals surface area contributed by atoms with Crippen molar-refractivity contribution in [2.45, 2.75) is 19.9 Å². The van der Waals surface area contributed by atoms with Crippen molar-refractivity contribution in [1.29, 1.82) is 0 Å². The molecule has 0 unspecified atom stereocenters. The molecule has 1 aromatic heterocycles. The van der Waals surface area contributed by atoms with E-state index in [1.807, 2.05) is 66.2 Å². The van der Waals surface area contributed by atoms with E-state index in [1.54, 1.807) is 0 Å². The Bertz CT molecular complexity index is 1520. The first-order valence-corrected chi connectivity index (χ1v) is 11.8. The highest BCUT2D eigenvalue weighted by Crippen LogP contribution is 2.27. The monoisotopic (exact) mass is 497 g/mol. The van der Waals surface area contributed by atoms with Crippen molar-refractivity contribution in [2.24, 2.45) is 0 Å². The number of para-hydroxylation sites is 1. The number of halogens is 1. The van der Waals surface area contributed by atoms with Crippen LogP contribution in [0.15, 0.2) is 84.6 Å². The van der Waals surface area contributed by atoms with E-state index in [2.05, 4.69) is 5.32 Å². The van der Waals surface area contributed by atoms with Gasteiger partial charge in [-0.3, -0.25) is 14.9 Å². The van der Waals surface area contributed by atoms with Crippen LogP contribution < -0.4 is 15.0 Å². The van der Waals surface area contributed by atoms with E-state index in [0.717, 1.165) is 40.1 Å². The molecule has 0 atom stereocenters. The lowest BCUT2D eigenvalue weighted by atomic mass is 10.1. The third-order valence-electron chi connectivity index (χ3n) is 6.14. The minimum atomic E-state index is -0.880. The topological polar surface area (TPSA) is 80.6 Å². The minimum absolute atomic E-state index is 0.165. The molecule has 8 heteroatoms. The lowest BCUT2D eigenvalue weighted by molar-refractivity contribution is -0.122. The Morgan fingerprint density at radius 3 is 2.43 bits per heavy atom. The zero-order chi connectivity index (χ0) is 25.9. The number of nitrogens with one attached hydrogen (secondary N) is 1. The number of ether oxygens (including phenoxy) is 1. The number of amides is 4. The first-order valence-electron chi connectivity index (χ1n) is 11.8. The number of anilines is 1. The summed E-state index contributed by atoms with van der Waals surface area (Å²) in [4.78, 5) is 39.1. The van der Waals surface area contributed by atoms with Crippen LogP contribution in [-0.2, 0) is 16.1 Å². The molecular weight excluding hydrogens is 473 g/mol. The molecule has 5 rings (SSSR count). The fourth-order valence-electron chi connectivity index (χ4n) is 4.27. The molecule has 37 heavy (non-hydrogen) atoms. The highest BCUT2D eigenvalue weighted by molar-refractivity contribution is 6.39. The average molecular weight is 498 g/mol. The van der Waals surface area contributed by atoms with Gasteiger partial charge in [0.15, 0.2) is 0 Å². The molecule has 0 radical (unpaired) electrons. The SMILES string of the molecule is Cc1ccc(OCCCn2cc(/C=C3\C(=O)NC(=O)N(c4ccc(F)cc4)C3=O)c3ccccc32)cc1. The number of fused-ring (bicyclic) bond motifs is 1. The predicted molar refractivity (Wildman–Crippen MR) is 139 cm³/mol. The molecule has 4 aromatic rings. The number of rotatable bonds is 7. The van der Waals surface area contributed by atoms with E-state index in [-0.39, 0.29) is 11.3 Å². The highest BCUT2D eigenvalue weighted by atomic mass is 19.1. The summed E-state index contributed by atoms with van der Waals surface area (Å²) in [5.41, 5.74) is 2.76. The maximum Gasteiger partial charge on any atom is 0.335 e. The summed E-state index contributed by atoms with van der Waals surface area (Å²) < 4.78 is 21.2. The van der Waals surface area contributed by atoms with Crippen LogP contribution in [0.3, 0.4) is 0 Å². The number of carbonyl (C=O) groups excluding carboxylic acids is 3. The molecule has 1 saturated heterocycles. The van der Waals surface area contributed by atoms with E-state index in [4.69, 9.17) is 4.74 Å². The zero-order valence-corrected chi connectivity index (χ0v) is 20.1. The van der Waals surface area contributed by atoms with Gasteiger partial charge >= 0.3 is 6.03 Å². The van der Waals surface area contributed by atoms with Crippen LogP contribution in [0, 0.1) is 12.7 Å². The lowest BCUT2D eigenvalue weighted by Gasteiger charge is -2.26. The third kappa shape index (κ3) is 4.99. The standard InChI is InChI=1S/C29H24FN3O4/c1-19-7-13-23(14-8-19)37-16-4-15-32-18-20(24-5-2-3-6-26(24)32)17-25-27(34)31-29(36)33(28(25)35)22-11-9-21(30)10-12-22/h2-3,5-14,17-18H,4,15-16H2,1H3,(H,31,34,36)/b25-17+. The number of carbonyl (C=O) groups is 3. The Kier molecular flexibility index (Phi) is 6.55. The van der Waals surface area contributed by atoms with E-state index in [1.165, 1.54) is 23.8 Å². The Balaban J connectivity index is 1.39. The van der Waals surface area contributed by atoms with Crippen LogP contribution in [0.25, 0.3) is 17.0 Å². The quantitative estimate of drug-likeness (QED) is 0.216. The smallest absolute Gasteiger partial charge is 0.335 e. The number of benzene rings is 3.